The van der Waals surface area contributed by atoms with Crippen LogP contribution in [0.15, 0.2) is 53.4 Å². The van der Waals surface area contributed by atoms with Crippen molar-refractivity contribution in [3.63, 3.8) is 0 Å². The minimum Gasteiger partial charge on any atom is -0.351 e. The van der Waals surface area contributed by atoms with E-state index in [1.165, 1.54) is 31.2 Å². The molecular weight excluding hydrogens is 397 g/mol. The highest BCUT2D eigenvalue weighted by atomic mass is 32.2. The number of sulfonamides is 1. The number of benzene rings is 2. The molecule has 0 aromatic heterocycles. The van der Waals surface area contributed by atoms with Gasteiger partial charge in [0.1, 0.15) is 0 Å². The van der Waals surface area contributed by atoms with Crippen molar-refractivity contribution >= 4 is 21.7 Å². The van der Waals surface area contributed by atoms with Gasteiger partial charge in [-0.1, -0.05) is 12.1 Å². The van der Waals surface area contributed by atoms with Gasteiger partial charge in [0.2, 0.25) is 10.0 Å². The zero-order chi connectivity index (χ0) is 20.9. The van der Waals surface area contributed by atoms with E-state index in [1.807, 2.05) is 0 Å². The predicted molar refractivity (Wildman–Crippen MR) is 95.4 cm³/mol. The van der Waals surface area contributed by atoms with Crippen LogP contribution >= 0.6 is 0 Å². The predicted octanol–water partition coefficient (Wildman–Crippen LogP) is 2.62. The number of ketones is 1. The smallest absolute Gasteiger partial charge is 0.351 e. The molecule has 0 aliphatic rings. The van der Waals surface area contributed by atoms with Crippen molar-refractivity contribution in [1.29, 1.82) is 0 Å². The van der Waals surface area contributed by atoms with Crippen molar-refractivity contribution in [2.75, 3.05) is 13.1 Å². The topological polar surface area (TPSA) is 92.3 Å². The van der Waals surface area contributed by atoms with Gasteiger partial charge in [-0.3, -0.25) is 9.59 Å². The summed E-state index contributed by atoms with van der Waals surface area (Å²) in [4.78, 5) is 23.2. The number of carbonyl (C=O) groups is 2. The Labute approximate surface area is 159 Å². The minimum atomic E-state index is -4.49. The lowest BCUT2D eigenvalue weighted by molar-refractivity contribution is -0.137. The number of carbonyl (C=O) groups excluding carboxylic acids is 2. The molecule has 2 aromatic rings. The molecule has 0 atom stereocenters. The molecule has 0 saturated heterocycles. The Morgan fingerprint density at radius 2 is 1.61 bits per heavy atom. The number of Topliss-reactive ketones (excluding diaryl/α,β-unsaturated/α-hetero) is 1. The lowest BCUT2D eigenvalue weighted by atomic mass is 10.1. The summed E-state index contributed by atoms with van der Waals surface area (Å²) >= 11 is 0. The second-order valence-corrected chi connectivity index (χ2v) is 7.58. The summed E-state index contributed by atoms with van der Waals surface area (Å²) in [7, 11) is -3.88. The molecule has 0 saturated carbocycles. The van der Waals surface area contributed by atoms with Gasteiger partial charge in [0.25, 0.3) is 5.91 Å². The molecule has 0 radical (unpaired) electrons. The Morgan fingerprint density at radius 3 is 2.18 bits per heavy atom. The first kappa shape index (κ1) is 21.6. The monoisotopic (exact) mass is 414 g/mol. The number of hydrogen-bond donors (Lipinski definition) is 2. The van der Waals surface area contributed by atoms with Crippen LogP contribution in [0.5, 0.6) is 0 Å². The molecule has 6 nitrogen and oxygen atoms in total. The van der Waals surface area contributed by atoms with Crippen molar-refractivity contribution in [2.45, 2.75) is 18.0 Å². The lowest BCUT2D eigenvalue weighted by Crippen LogP contribution is -2.34. The van der Waals surface area contributed by atoms with Gasteiger partial charge in [-0.25, -0.2) is 13.1 Å². The van der Waals surface area contributed by atoms with Gasteiger partial charge in [-0.2, -0.15) is 13.2 Å². The normalized spacial score (nSPS) is 11.9. The van der Waals surface area contributed by atoms with E-state index in [-0.39, 0.29) is 34.9 Å². The Morgan fingerprint density at radius 1 is 0.964 bits per heavy atom. The molecule has 150 valence electrons. The molecule has 2 rings (SSSR count). The van der Waals surface area contributed by atoms with Gasteiger partial charge in [-0.15, -0.1) is 0 Å². The maximum absolute atomic E-state index is 12.5. The summed E-state index contributed by atoms with van der Waals surface area (Å²) in [5.74, 6) is -0.910. The number of rotatable bonds is 7. The van der Waals surface area contributed by atoms with Crippen LogP contribution in [0, 0.1) is 0 Å². The van der Waals surface area contributed by atoms with Crippen LogP contribution in [0.4, 0.5) is 13.2 Å². The first-order valence-corrected chi connectivity index (χ1v) is 9.55. The Balaban J connectivity index is 1.90. The Hall–Kier alpha value is -2.72. The molecule has 0 aliphatic heterocycles. The zero-order valence-corrected chi connectivity index (χ0v) is 15.5. The first-order chi connectivity index (χ1) is 13.0. The second kappa shape index (κ2) is 8.53. The highest BCUT2D eigenvalue weighted by molar-refractivity contribution is 7.89. The van der Waals surface area contributed by atoms with Gasteiger partial charge in [-0.05, 0) is 43.3 Å². The van der Waals surface area contributed by atoms with Crippen LogP contribution in [0.25, 0.3) is 0 Å². The van der Waals surface area contributed by atoms with Crippen molar-refractivity contribution in [3.8, 4) is 0 Å². The number of nitrogens with one attached hydrogen (secondary N) is 2. The third kappa shape index (κ3) is 5.64. The minimum absolute atomic E-state index is 0.0185. The summed E-state index contributed by atoms with van der Waals surface area (Å²) in [5.41, 5.74) is -0.604. The molecule has 2 N–H and O–H groups in total. The highest BCUT2D eigenvalue weighted by Crippen LogP contribution is 2.29. The van der Waals surface area contributed by atoms with Gasteiger partial charge < -0.3 is 5.32 Å². The molecule has 0 fully saturated rings. The molecule has 2 aromatic carbocycles. The lowest BCUT2D eigenvalue weighted by Gasteiger charge is -2.10. The van der Waals surface area contributed by atoms with Crippen molar-refractivity contribution < 1.29 is 31.2 Å². The van der Waals surface area contributed by atoms with Crippen molar-refractivity contribution in [3.05, 3.63) is 65.2 Å². The third-order valence-electron chi connectivity index (χ3n) is 3.73. The van der Waals surface area contributed by atoms with Crippen LogP contribution < -0.4 is 10.0 Å². The van der Waals surface area contributed by atoms with Crippen molar-refractivity contribution in [2.24, 2.45) is 0 Å². The van der Waals surface area contributed by atoms with Crippen LogP contribution in [0.2, 0.25) is 0 Å². The highest BCUT2D eigenvalue weighted by Gasteiger charge is 2.30. The van der Waals surface area contributed by atoms with Gasteiger partial charge >= 0.3 is 6.18 Å². The van der Waals surface area contributed by atoms with Crippen LogP contribution in [0.1, 0.15) is 33.2 Å². The maximum Gasteiger partial charge on any atom is 0.416 e. The van der Waals surface area contributed by atoms with E-state index in [4.69, 9.17) is 0 Å². The summed E-state index contributed by atoms with van der Waals surface area (Å²) < 4.78 is 64.2. The number of amides is 1. The van der Waals surface area contributed by atoms with E-state index in [0.717, 1.165) is 24.3 Å². The fourth-order valence-electron chi connectivity index (χ4n) is 2.24. The first-order valence-electron chi connectivity index (χ1n) is 8.07. The Bertz CT molecular complexity index is 971. The van der Waals surface area contributed by atoms with E-state index < -0.39 is 27.7 Å². The fourth-order valence-corrected chi connectivity index (χ4v) is 3.32. The third-order valence-corrected chi connectivity index (χ3v) is 5.19. The Kier molecular flexibility index (Phi) is 6.57. The SMILES string of the molecule is CC(=O)c1cccc(S(=O)(=O)NCCNC(=O)c2ccc(C(F)(F)F)cc2)c1. The van der Waals surface area contributed by atoms with Crippen LogP contribution in [-0.4, -0.2) is 33.2 Å². The average Bonchev–Trinajstić information content (AvgIpc) is 2.64. The number of halogens is 3. The second-order valence-electron chi connectivity index (χ2n) is 5.81. The van der Waals surface area contributed by atoms with Gasteiger partial charge in [0.15, 0.2) is 5.78 Å². The zero-order valence-electron chi connectivity index (χ0n) is 14.7. The van der Waals surface area contributed by atoms with Crippen LogP contribution in [-0.2, 0) is 16.2 Å². The number of alkyl halides is 3. The van der Waals surface area contributed by atoms with Crippen LogP contribution in [0.3, 0.4) is 0 Å². The largest absolute Gasteiger partial charge is 0.416 e. The molecule has 28 heavy (non-hydrogen) atoms. The van der Waals surface area contributed by atoms with Gasteiger partial charge in [0, 0.05) is 24.2 Å². The molecule has 0 heterocycles. The average molecular weight is 414 g/mol. The molecule has 0 unspecified atom stereocenters. The fraction of sp³-hybridized carbons (Fsp3) is 0.222. The van der Waals surface area contributed by atoms with E-state index in [1.54, 1.807) is 0 Å². The maximum atomic E-state index is 12.5. The van der Waals surface area contributed by atoms with Crippen molar-refractivity contribution in [1.82, 2.24) is 10.0 Å². The molecule has 1 amide bonds. The molecule has 0 bridgehead atoms. The summed E-state index contributed by atoms with van der Waals surface area (Å²) in [6, 6.07) is 9.16. The van der Waals surface area contributed by atoms with E-state index in [9.17, 15) is 31.2 Å². The van der Waals surface area contributed by atoms with Gasteiger partial charge in [0.05, 0.1) is 10.5 Å². The molecular formula is C18H17F3N2O4S. The molecule has 10 heteroatoms. The standard InChI is InChI=1S/C18H17F3N2O4S/c1-12(24)14-3-2-4-16(11-14)28(26,27)23-10-9-22-17(25)13-5-7-15(8-6-13)18(19,20)21/h2-8,11,23H,9-10H2,1H3,(H,22,25). The molecule has 0 spiro atoms. The van der Waals surface area contributed by atoms with E-state index in [2.05, 4.69) is 10.0 Å². The quantitative estimate of drug-likeness (QED) is 0.538. The summed E-state index contributed by atoms with van der Waals surface area (Å²) in [5, 5.41) is 2.41. The number of hydrogen-bond acceptors (Lipinski definition) is 4. The summed E-state index contributed by atoms with van der Waals surface area (Å²) in [6.07, 6.45) is -4.49. The molecule has 0 aliphatic carbocycles. The van der Waals surface area contributed by atoms with E-state index >= 15 is 0 Å². The van der Waals surface area contributed by atoms with E-state index in [0.29, 0.717) is 0 Å². The summed E-state index contributed by atoms with van der Waals surface area (Å²) in [6.45, 7) is 1.10.